The van der Waals surface area contributed by atoms with Gasteiger partial charge in [0.2, 0.25) is 10.0 Å². The summed E-state index contributed by atoms with van der Waals surface area (Å²) in [5.41, 5.74) is 0.449. The minimum absolute atomic E-state index is 0.109. The monoisotopic (exact) mass is 325 g/mol. The molecule has 0 atom stereocenters. The van der Waals surface area contributed by atoms with Crippen molar-refractivity contribution in [3.8, 4) is 17.2 Å². The molecule has 0 unspecified atom stereocenters. The summed E-state index contributed by atoms with van der Waals surface area (Å²) in [5.74, 6) is 1.36. The highest BCUT2D eigenvalue weighted by Gasteiger charge is 2.22. The molecule has 0 aliphatic carbocycles. The second-order valence-electron chi connectivity index (χ2n) is 5.26. The van der Waals surface area contributed by atoms with Gasteiger partial charge in [0.15, 0.2) is 5.82 Å². The first-order valence-electron chi connectivity index (χ1n) is 6.72. The Morgan fingerprint density at radius 3 is 2.45 bits per heavy atom. The van der Waals surface area contributed by atoms with E-state index in [1.807, 2.05) is 13.8 Å². The zero-order valence-electron chi connectivity index (χ0n) is 13.2. The number of hydrogen-bond donors (Lipinski definition) is 0. The van der Waals surface area contributed by atoms with Gasteiger partial charge in [-0.05, 0) is 18.2 Å². The van der Waals surface area contributed by atoms with Crippen LogP contribution in [0.2, 0.25) is 0 Å². The number of nitrogens with zero attached hydrogens (tertiary/aromatic N) is 3. The molecule has 0 aliphatic heterocycles. The molecule has 2 aromatic rings. The van der Waals surface area contributed by atoms with Gasteiger partial charge in [-0.1, -0.05) is 19.0 Å². The topological polar surface area (TPSA) is 85.5 Å². The highest BCUT2D eigenvalue weighted by Crippen LogP contribution is 2.32. The van der Waals surface area contributed by atoms with Gasteiger partial charge in [-0.25, -0.2) is 12.7 Å². The Hall–Kier alpha value is -1.93. The minimum Gasteiger partial charge on any atom is -0.496 e. The smallest absolute Gasteiger partial charge is 0.261 e. The van der Waals surface area contributed by atoms with E-state index in [9.17, 15) is 8.42 Å². The Morgan fingerprint density at radius 1 is 1.27 bits per heavy atom. The molecule has 0 amide bonds. The molecule has 0 saturated carbocycles. The van der Waals surface area contributed by atoms with Gasteiger partial charge in [0.1, 0.15) is 5.75 Å². The van der Waals surface area contributed by atoms with Crippen LogP contribution in [0.1, 0.15) is 25.6 Å². The standard InChI is InChI=1S/C14H19N3O4S/c1-9(2)13-15-14(21-16-13)11-8-10(6-7-12(11)20-5)22(18,19)17(3)4/h6-9H,1-5H3. The van der Waals surface area contributed by atoms with Crippen LogP contribution in [0.3, 0.4) is 0 Å². The molecule has 1 heterocycles. The molecule has 22 heavy (non-hydrogen) atoms. The van der Waals surface area contributed by atoms with Gasteiger partial charge in [-0.15, -0.1) is 0 Å². The third-order valence-corrected chi connectivity index (χ3v) is 4.95. The van der Waals surface area contributed by atoms with Crippen molar-refractivity contribution in [3.05, 3.63) is 24.0 Å². The van der Waals surface area contributed by atoms with Crippen molar-refractivity contribution in [3.63, 3.8) is 0 Å². The molecule has 2 rings (SSSR count). The Balaban J connectivity index is 2.58. The van der Waals surface area contributed by atoms with Gasteiger partial charge in [-0.2, -0.15) is 4.98 Å². The molecule has 1 aromatic heterocycles. The quantitative estimate of drug-likeness (QED) is 0.837. The normalized spacial score (nSPS) is 12.1. The lowest BCUT2D eigenvalue weighted by Crippen LogP contribution is -2.22. The number of sulfonamides is 1. The molecule has 7 nitrogen and oxygen atoms in total. The van der Waals surface area contributed by atoms with Crippen LogP contribution in [0.4, 0.5) is 0 Å². The van der Waals surface area contributed by atoms with Crippen LogP contribution < -0.4 is 4.74 Å². The van der Waals surface area contributed by atoms with Crippen molar-refractivity contribution >= 4 is 10.0 Å². The Bertz CT molecular complexity index is 766. The highest BCUT2D eigenvalue weighted by atomic mass is 32.2. The summed E-state index contributed by atoms with van der Waals surface area (Å²) >= 11 is 0. The van der Waals surface area contributed by atoms with E-state index in [2.05, 4.69) is 10.1 Å². The number of ether oxygens (including phenoxy) is 1. The zero-order chi connectivity index (χ0) is 16.5. The molecule has 0 spiro atoms. The van der Waals surface area contributed by atoms with E-state index < -0.39 is 10.0 Å². The van der Waals surface area contributed by atoms with E-state index in [0.29, 0.717) is 17.1 Å². The molecular weight excluding hydrogens is 306 g/mol. The van der Waals surface area contributed by atoms with Crippen LogP contribution >= 0.6 is 0 Å². The molecule has 0 radical (unpaired) electrons. The second-order valence-corrected chi connectivity index (χ2v) is 7.41. The van der Waals surface area contributed by atoms with Crippen molar-refractivity contribution < 1.29 is 17.7 Å². The number of methoxy groups -OCH3 is 1. The number of hydrogen-bond acceptors (Lipinski definition) is 6. The van der Waals surface area contributed by atoms with Crippen LogP contribution in [-0.4, -0.2) is 44.1 Å². The Kier molecular flexibility index (Phi) is 4.52. The van der Waals surface area contributed by atoms with E-state index in [4.69, 9.17) is 9.26 Å². The zero-order valence-corrected chi connectivity index (χ0v) is 14.0. The summed E-state index contributed by atoms with van der Waals surface area (Å²) in [4.78, 5) is 4.43. The van der Waals surface area contributed by atoms with Gasteiger partial charge < -0.3 is 9.26 Å². The Labute approximate surface area is 129 Å². The van der Waals surface area contributed by atoms with E-state index in [-0.39, 0.29) is 16.7 Å². The molecule has 8 heteroatoms. The largest absolute Gasteiger partial charge is 0.496 e. The maximum absolute atomic E-state index is 12.2. The first kappa shape index (κ1) is 16.4. The summed E-state index contributed by atoms with van der Waals surface area (Å²) < 4.78 is 36.1. The number of rotatable bonds is 5. The molecule has 0 N–H and O–H groups in total. The van der Waals surface area contributed by atoms with Gasteiger partial charge in [0.05, 0.1) is 17.6 Å². The van der Waals surface area contributed by atoms with Crippen LogP contribution in [0.5, 0.6) is 5.75 Å². The summed E-state index contributed by atoms with van der Waals surface area (Å²) in [6.45, 7) is 3.89. The fourth-order valence-corrected chi connectivity index (χ4v) is 2.73. The van der Waals surface area contributed by atoms with E-state index >= 15 is 0 Å². The van der Waals surface area contributed by atoms with Crippen LogP contribution in [0.15, 0.2) is 27.6 Å². The van der Waals surface area contributed by atoms with E-state index in [1.165, 1.54) is 33.3 Å². The number of aromatic nitrogens is 2. The van der Waals surface area contributed by atoms with Crippen LogP contribution in [0, 0.1) is 0 Å². The first-order chi connectivity index (χ1) is 10.3. The minimum atomic E-state index is -3.55. The Morgan fingerprint density at radius 2 is 1.95 bits per heavy atom. The van der Waals surface area contributed by atoms with Crippen molar-refractivity contribution in [2.24, 2.45) is 0 Å². The maximum atomic E-state index is 12.2. The van der Waals surface area contributed by atoms with Crippen LogP contribution in [-0.2, 0) is 10.0 Å². The van der Waals surface area contributed by atoms with Crippen LogP contribution in [0.25, 0.3) is 11.5 Å². The summed E-state index contributed by atoms with van der Waals surface area (Å²) in [7, 11) is 0.895. The molecule has 0 bridgehead atoms. The lowest BCUT2D eigenvalue weighted by atomic mass is 10.2. The van der Waals surface area contributed by atoms with E-state index in [0.717, 1.165) is 4.31 Å². The first-order valence-corrected chi connectivity index (χ1v) is 8.16. The molecule has 120 valence electrons. The fourth-order valence-electron chi connectivity index (χ4n) is 1.80. The summed E-state index contributed by atoms with van der Waals surface area (Å²) in [6.07, 6.45) is 0. The summed E-state index contributed by atoms with van der Waals surface area (Å²) in [5, 5.41) is 3.89. The molecule has 0 aliphatic rings. The predicted octanol–water partition coefficient (Wildman–Crippen LogP) is 2.12. The van der Waals surface area contributed by atoms with Crippen molar-refractivity contribution in [1.29, 1.82) is 0 Å². The lowest BCUT2D eigenvalue weighted by molar-refractivity contribution is 0.401. The van der Waals surface area contributed by atoms with Crippen molar-refractivity contribution in [2.45, 2.75) is 24.7 Å². The molecule has 0 saturated heterocycles. The average Bonchev–Trinajstić information content (AvgIpc) is 2.96. The maximum Gasteiger partial charge on any atom is 0.261 e. The average molecular weight is 325 g/mol. The molecule has 1 aromatic carbocycles. The highest BCUT2D eigenvalue weighted by molar-refractivity contribution is 7.89. The fraction of sp³-hybridized carbons (Fsp3) is 0.429. The van der Waals surface area contributed by atoms with Gasteiger partial charge in [-0.3, -0.25) is 0 Å². The molecular formula is C14H19N3O4S. The van der Waals surface area contributed by atoms with E-state index in [1.54, 1.807) is 6.07 Å². The predicted molar refractivity (Wildman–Crippen MR) is 81.2 cm³/mol. The van der Waals surface area contributed by atoms with Crippen molar-refractivity contribution in [1.82, 2.24) is 14.4 Å². The van der Waals surface area contributed by atoms with Crippen molar-refractivity contribution in [2.75, 3.05) is 21.2 Å². The third-order valence-electron chi connectivity index (χ3n) is 3.14. The molecule has 0 fully saturated rings. The van der Waals surface area contributed by atoms with Gasteiger partial charge >= 0.3 is 0 Å². The lowest BCUT2D eigenvalue weighted by Gasteiger charge is -2.13. The van der Waals surface area contributed by atoms with Gasteiger partial charge in [0.25, 0.3) is 5.89 Å². The number of benzene rings is 1. The second kappa shape index (κ2) is 6.05. The summed E-state index contributed by atoms with van der Waals surface area (Å²) in [6, 6.07) is 4.54. The third kappa shape index (κ3) is 2.97. The SMILES string of the molecule is COc1ccc(S(=O)(=O)N(C)C)cc1-c1nc(C(C)C)no1. The van der Waals surface area contributed by atoms with Gasteiger partial charge in [0, 0.05) is 20.0 Å².